The number of ether oxygens (including phenoxy) is 1. The van der Waals surface area contributed by atoms with Crippen molar-refractivity contribution in [1.82, 2.24) is 5.32 Å². The summed E-state index contributed by atoms with van der Waals surface area (Å²) in [7, 11) is 4.03. The number of anilines is 1. The summed E-state index contributed by atoms with van der Waals surface area (Å²) >= 11 is 0. The highest BCUT2D eigenvalue weighted by Gasteiger charge is 2.42. The van der Waals surface area contributed by atoms with Crippen LogP contribution >= 0.6 is 0 Å². The molecule has 0 bridgehead atoms. The van der Waals surface area contributed by atoms with Gasteiger partial charge in [-0.1, -0.05) is 36.4 Å². The first-order chi connectivity index (χ1) is 11.9. The van der Waals surface area contributed by atoms with Gasteiger partial charge in [-0.3, -0.25) is 0 Å². The van der Waals surface area contributed by atoms with Crippen LogP contribution in [-0.4, -0.2) is 37.5 Å². The first-order valence-electron chi connectivity index (χ1n) is 8.84. The molecule has 1 heterocycles. The van der Waals surface area contributed by atoms with Crippen LogP contribution < -0.4 is 15.0 Å². The molecule has 4 heteroatoms. The number of nitrogens with zero attached hydrogens (tertiary/aromatic N) is 1. The number of hydrogen-bond donors (Lipinski definition) is 2. The topological polar surface area (TPSA) is 44.7 Å². The van der Waals surface area contributed by atoms with Gasteiger partial charge in [0.1, 0.15) is 17.5 Å². The van der Waals surface area contributed by atoms with Crippen LogP contribution in [-0.2, 0) is 6.42 Å². The predicted octanol–water partition coefficient (Wildman–Crippen LogP) is 3.16. The van der Waals surface area contributed by atoms with Crippen molar-refractivity contribution in [3.8, 4) is 5.75 Å². The molecule has 2 unspecified atom stereocenters. The van der Waals surface area contributed by atoms with Crippen LogP contribution in [0.5, 0.6) is 5.75 Å². The Hall–Kier alpha value is -2.04. The summed E-state index contributed by atoms with van der Waals surface area (Å²) in [6.07, 6.45) is 0.317. The van der Waals surface area contributed by atoms with E-state index in [2.05, 4.69) is 52.7 Å². The SMILES string of the molecule is CN(C)c1ccc2c(c1)OC(C)(C)C(O)C2NCCc1ccccc1. The lowest BCUT2D eigenvalue weighted by Gasteiger charge is -2.42. The molecule has 2 atom stereocenters. The van der Waals surface area contributed by atoms with E-state index in [1.165, 1.54) is 5.56 Å². The van der Waals surface area contributed by atoms with E-state index >= 15 is 0 Å². The second-order valence-corrected chi connectivity index (χ2v) is 7.43. The lowest BCUT2D eigenvalue weighted by molar-refractivity contribution is -0.0643. The largest absolute Gasteiger partial charge is 0.485 e. The minimum atomic E-state index is -0.637. The van der Waals surface area contributed by atoms with Crippen LogP contribution in [0.1, 0.15) is 31.0 Å². The maximum atomic E-state index is 10.8. The van der Waals surface area contributed by atoms with Gasteiger partial charge in [0.25, 0.3) is 0 Å². The molecule has 2 aromatic carbocycles. The summed E-state index contributed by atoms with van der Waals surface area (Å²) in [5, 5.41) is 14.4. The Morgan fingerprint density at radius 1 is 1.12 bits per heavy atom. The zero-order valence-corrected chi connectivity index (χ0v) is 15.5. The third kappa shape index (κ3) is 3.80. The summed E-state index contributed by atoms with van der Waals surface area (Å²) in [6, 6.07) is 16.4. The Morgan fingerprint density at radius 2 is 1.84 bits per heavy atom. The molecule has 2 N–H and O–H groups in total. The minimum absolute atomic E-state index is 0.140. The quantitative estimate of drug-likeness (QED) is 0.878. The van der Waals surface area contributed by atoms with E-state index in [-0.39, 0.29) is 6.04 Å². The monoisotopic (exact) mass is 340 g/mol. The molecule has 0 saturated carbocycles. The van der Waals surface area contributed by atoms with Gasteiger partial charge in [0, 0.05) is 31.4 Å². The zero-order chi connectivity index (χ0) is 18.0. The molecule has 1 aliphatic rings. The summed E-state index contributed by atoms with van der Waals surface area (Å²) < 4.78 is 6.10. The highest BCUT2D eigenvalue weighted by Crippen LogP contribution is 2.41. The van der Waals surface area contributed by atoms with E-state index in [0.717, 1.165) is 30.0 Å². The number of aliphatic hydroxyl groups excluding tert-OH is 1. The van der Waals surface area contributed by atoms with Gasteiger partial charge in [0.05, 0.1) is 6.04 Å². The van der Waals surface area contributed by atoms with Crippen molar-refractivity contribution in [3.05, 3.63) is 59.7 Å². The molecule has 0 fully saturated rings. The highest BCUT2D eigenvalue weighted by molar-refractivity contribution is 5.55. The molecule has 0 aliphatic carbocycles. The van der Waals surface area contributed by atoms with Crippen molar-refractivity contribution < 1.29 is 9.84 Å². The van der Waals surface area contributed by atoms with Gasteiger partial charge in [-0.15, -0.1) is 0 Å². The molecule has 0 amide bonds. The number of fused-ring (bicyclic) bond motifs is 1. The van der Waals surface area contributed by atoms with Crippen molar-refractivity contribution >= 4 is 5.69 Å². The van der Waals surface area contributed by atoms with E-state index in [4.69, 9.17) is 4.74 Å². The standard InChI is InChI=1S/C21H28N2O2/c1-21(2)20(24)19(22-13-12-15-8-6-5-7-9-15)17-11-10-16(23(3)4)14-18(17)25-21/h5-11,14,19-20,22,24H,12-13H2,1-4H3. The number of benzene rings is 2. The smallest absolute Gasteiger partial charge is 0.131 e. The molecule has 4 nitrogen and oxygen atoms in total. The van der Waals surface area contributed by atoms with Crippen LogP contribution in [0.2, 0.25) is 0 Å². The second kappa shape index (κ2) is 7.06. The Morgan fingerprint density at radius 3 is 2.52 bits per heavy atom. The third-order valence-corrected chi connectivity index (χ3v) is 4.87. The van der Waals surface area contributed by atoms with Gasteiger partial charge in [-0.2, -0.15) is 0 Å². The lowest BCUT2D eigenvalue weighted by Crippen LogP contribution is -2.52. The van der Waals surface area contributed by atoms with Gasteiger partial charge in [-0.25, -0.2) is 0 Å². The number of rotatable bonds is 5. The highest BCUT2D eigenvalue weighted by atomic mass is 16.5. The minimum Gasteiger partial charge on any atom is -0.485 e. The fourth-order valence-electron chi connectivity index (χ4n) is 3.30. The van der Waals surface area contributed by atoms with E-state index in [0.29, 0.717) is 0 Å². The molecule has 3 rings (SSSR count). The van der Waals surface area contributed by atoms with Gasteiger partial charge < -0.3 is 20.1 Å². The van der Waals surface area contributed by atoms with Crippen LogP contribution in [0.25, 0.3) is 0 Å². The van der Waals surface area contributed by atoms with Gasteiger partial charge in [0.15, 0.2) is 0 Å². The first kappa shape index (κ1) is 17.8. The van der Waals surface area contributed by atoms with Gasteiger partial charge in [-0.05, 0) is 38.4 Å². The zero-order valence-electron chi connectivity index (χ0n) is 15.5. The van der Waals surface area contributed by atoms with Crippen molar-refractivity contribution in [3.63, 3.8) is 0 Å². The molecule has 1 aliphatic heterocycles. The summed E-state index contributed by atoms with van der Waals surface area (Å²) in [5.74, 6) is 0.846. The average Bonchev–Trinajstić information content (AvgIpc) is 2.58. The normalized spacial score (nSPS) is 21.3. The van der Waals surface area contributed by atoms with E-state index in [1.54, 1.807) is 0 Å². The summed E-state index contributed by atoms with van der Waals surface area (Å²) in [4.78, 5) is 2.06. The first-order valence-corrected chi connectivity index (χ1v) is 8.84. The van der Waals surface area contributed by atoms with Crippen molar-refractivity contribution in [2.24, 2.45) is 0 Å². The maximum absolute atomic E-state index is 10.8. The fraction of sp³-hybridized carbons (Fsp3) is 0.429. The Kier molecular flexibility index (Phi) is 5.02. The Labute approximate surface area is 150 Å². The molecule has 0 saturated heterocycles. The van der Waals surface area contributed by atoms with Crippen LogP contribution in [0.4, 0.5) is 5.69 Å². The van der Waals surface area contributed by atoms with E-state index in [1.807, 2.05) is 34.0 Å². The molecular weight excluding hydrogens is 312 g/mol. The lowest BCUT2D eigenvalue weighted by atomic mass is 9.86. The van der Waals surface area contributed by atoms with E-state index in [9.17, 15) is 5.11 Å². The van der Waals surface area contributed by atoms with Gasteiger partial charge in [0.2, 0.25) is 0 Å². The number of nitrogens with one attached hydrogen (secondary N) is 1. The Balaban J connectivity index is 1.80. The van der Waals surface area contributed by atoms with Crippen molar-refractivity contribution in [1.29, 1.82) is 0 Å². The summed E-state index contributed by atoms with van der Waals surface area (Å²) in [6.45, 7) is 4.68. The van der Waals surface area contributed by atoms with Gasteiger partial charge >= 0.3 is 0 Å². The molecule has 2 aromatic rings. The van der Waals surface area contributed by atoms with Crippen LogP contribution in [0, 0.1) is 0 Å². The molecular formula is C21H28N2O2. The molecule has 134 valence electrons. The maximum Gasteiger partial charge on any atom is 0.131 e. The van der Waals surface area contributed by atoms with Crippen LogP contribution in [0.3, 0.4) is 0 Å². The fourth-order valence-corrected chi connectivity index (χ4v) is 3.30. The summed E-state index contributed by atoms with van der Waals surface area (Å²) in [5.41, 5.74) is 2.76. The number of aliphatic hydroxyl groups is 1. The molecule has 0 spiro atoms. The van der Waals surface area contributed by atoms with Crippen molar-refractivity contribution in [2.75, 3.05) is 25.5 Å². The number of hydrogen-bond acceptors (Lipinski definition) is 4. The second-order valence-electron chi connectivity index (χ2n) is 7.43. The Bertz CT molecular complexity index is 713. The van der Waals surface area contributed by atoms with Crippen LogP contribution in [0.15, 0.2) is 48.5 Å². The third-order valence-electron chi connectivity index (χ3n) is 4.87. The predicted molar refractivity (Wildman–Crippen MR) is 102 cm³/mol. The van der Waals surface area contributed by atoms with E-state index < -0.39 is 11.7 Å². The molecule has 25 heavy (non-hydrogen) atoms. The molecule has 0 radical (unpaired) electrons. The molecule has 0 aromatic heterocycles. The average molecular weight is 340 g/mol. The van der Waals surface area contributed by atoms with Crippen molar-refractivity contribution in [2.45, 2.75) is 38.0 Å².